The minimum Gasteiger partial charge on any atom is -0.492 e. The maximum atomic E-state index is 13.4. The number of halogens is 2. The highest BCUT2D eigenvalue weighted by molar-refractivity contribution is 5.96. The minimum atomic E-state index is -0.717. The Morgan fingerprint density at radius 2 is 1.89 bits per heavy atom. The van der Waals surface area contributed by atoms with E-state index < -0.39 is 17.5 Å². The summed E-state index contributed by atoms with van der Waals surface area (Å²) >= 11 is 0. The van der Waals surface area contributed by atoms with Gasteiger partial charge in [-0.05, 0) is 36.7 Å². The molecule has 0 unspecified atom stereocenters. The summed E-state index contributed by atoms with van der Waals surface area (Å²) in [5.74, 6) is -0.327. The lowest BCUT2D eigenvalue weighted by molar-refractivity contribution is -0.115. The van der Waals surface area contributed by atoms with Crippen molar-refractivity contribution in [2.24, 2.45) is 0 Å². The summed E-state index contributed by atoms with van der Waals surface area (Å²) in [7, 11) is 3.58. The summed E-state index contributed by atoms with van der Waals surface area (Å²) in [6, 6.07) is 3.06. The van der Waals surface area contributed by atoms with Gasteiger partial charge in [0, 0.05) is 24.7 Å². The molecule has 2 aliphatic rings. The van der Waals surface area contributed by atoms with Crippen molar-refractivity contribution in [1.29, 1.82) is 0 Å². The number of amides is 1. The van der Waals surface area contributed by atoms with E-state index in [9.17, 15) is 13.6 Å². The molecule has 0 aromatic heterocycles. The molecule has 0 radical (unpaired) electrons. The van der Waals surface area contributed by atoms with Crippen LogP contribution in [0, 0.1) is 11.6 Å². The smallest absolute Gasteiger partial charge is 0.231 e. The number of benzene rings is 2. The summed E-state index contributed by atoms with van der Waals surface area (Å²) in [6.45, 7) is 1.49. The number of anilines is 1. The van der Waals surface area contributed by atoms with Crippen LogP contribution in [0.3, 0.4) is 0 Å². The fourth-order valence-electron chi connectivity index (χ4n) is 3.72. The van der Waals surface area contributed by atoms with E-state index in [-0.39, 0.29) is 18.8 Å². The maximum Gasteiger partial charge on any atom is 0.231 e. The molecule has 0 aliphatic carbocycles. The van der Waals surface area contributed by atoms with E-state index in [4.69, 9.17) is 14.2 Å². The Labute approximate surface area is 161 Å². The van der Waals surface area contributed by atoms with Gasteiger partial charge in [-0.15, -0.1) is 0 Å². The molecule has 1 N–H and O–H groups in total. The lowest BCUT2D eigenvalue weighted by atomic mass is 9.95. The third kappa shape index (κ3) is 3.35. The first-order chi connectivity index (χ1) is 13.5. The Hall–Kier alpha value is -2.87. The number of hydrogen-bond acceptors (Lipinski definition) is 5. The van der Waals surface area contributed by atoms with Gasteiger partial charge in [0.1, 0.15) is 11.6 Å². The molecule has 0 bridgehead atoms. The van der Waals surface area contributed by atoms with Gasteiger partial charge < -0.3 is 24.4 Å². The predicted octanol–water partition coefficient (Wildman–Crippen LogP) is 2.87. The molecular weight excluding hydrogens is 370 g/mol. The number of ether oxygens (including phenoxy) is 3. The molecule has 0 saturated carbocycles. The van der Waals surface area contributed by atoms with Crippen molar-refractivity contribution in [2.75, 3.05) is 32.8 Å². The lowest BCUT2D eigenvalue weighted by Crippen LogP contribution is -2.28. The van der Waals surface area contributed by atoms with Crippen molar-refractivity contribution >= 4 is 11.6 Å². The largest absolute Gasteiger partial charge is 0.492 e. The number of nitrogens with one attached hydrogen (secondary N) is 1. The highest BCUT2D eigenvalue weighted by Crippen LogP contribution is 2.52. The van der Waals surface area contributed by atoms with E-state index in [2.05, 4.69) is 10.2 Å². The summed E-state index contributed by atoms with van der Waals surface area (Å²) in [4.78, 5) is 14.8. The molecule has 148 valence electrons. The van der Waals surface area contributed by atoms with Crippen molar-refractivity contribution in [1.82, 2.24) is 4.90 Å². The van der Waals surface area contributed by atoms with Crippen LogP contribution in [0.15, 0.2) is 18.2 Å². The first-order valence-electron chi connectivity index (χ1n) is 8.91. The zero-order valence-electron chi connectivity index (χ0n) is 15.6. The third-order valence-electron chi connectivity index (χ3n) is 4.91. The number of fused-ring (bicyclic) bond motifs is 2. The van der Waals surface area contributed by atoms with Crippen molar-refractivity contribution in [3.05, 3.63) is 46.5 Å². The monoisotopic (exact) mass is 390 g/mol. The van der Waals surface area contributed by atoms with E-state index in [1.165, 1.54) is 0 Å². The third-order valence-corrected chi connectivity index (χ3v) is 4.91. The molecule has 2 heterocycles. The molecule has 0 spiro atoms. The van der Waals surface area contributed by atoms with Gasteiger partial charge in [0.25, 0.3) is 0 Å². The fraction of sp³-hybridized carbons (Fsp3) is 0.350. The van der Waals surface area contributed by atoms with Gasteiger partial charge in [0.2, 0.25) is 18.4 Å². The molecule has 0 fully saturated rings. The number of methoxy groups -OCH3 is 1. The van der Waals surface area contributed by atoms with Crippen LogP contribution in [0.25, 0.3) is 0 Å². The summed E-state index contributed by atoms with van der Waals surface area (Å²) < 4.78 is 43.5. The van der Waals surface area contributed by atoms with Crippen LogP contribution in [-0.4, -0.2) is 38.3 Å². The highest BCUT2D eigenvalue weighted by atomic mass is 19.1. The normalized spacial score (nSPS) is 15.3. The Morgan fingerprint density at radius 3 is 2.61 bits per heavy atom. The Morgan fingerprint density at radius 1 is 1.18 bits per heavy atom. The topological polar surface area (TPSA) is 60.0 Å². The van der Waals surface area contributed by atoms with Gasteiger partial charge in [-0.3, -0.25) is 4.79 Å². The van der Waals surface area contributed by atoms with Crippen molar-refractivity contribution in [3.8, 4) is 17.2 Å². The highest BCUT2D eigenvalue weighted by Gasteiger charge is 2.33. The van der Waals surface area contributed by atoms with Crippen LogP contribution in [-0.2, 0) is 24.2 Å². The average molecular weight is 390 g/mol. The van der Waals surface area contributed by atoms with Crippen LogP contribution < -0.4 is 19.5 Å². The standard InChI is InChI=1S/C20H20F2N2O4/c1-24-4-3-14-15(9-24)18(26-2)20-19(27-10-28-20)17(14)23-16(25)7-11-5-12(21)8-13(22)6-11/h5-6,8H,3-4,7,9-10H2,1-2H3,(H,23,25). The number of carbonyl (C=O) groups is 1. The number of hydrogen-bond donors (Lipinski definition) is 1. The van der Waals surface area contributed by atoms with Gasteiger partial charge in [0.05, 0.1) is 19.2 Å². The molecular formula is C20H20F2N2O4. The average Bonchev–Trinajstić information content (AvgIpc) is 3.10. The molecule has 2 aromatic carbocycles. The fourth-order valence-corrected chi connectivity index (χ4v) is 3.72. The molecule has 4 rings (SSSR count). The Kier molecular flexibility index (Phi) is 4.80. The van der Waals surface area contributed by atoms with Crippen LogP contribution in [0.4, 0.5) is 14.5 Å². The van der Waals surface area contributed by atoms with E-state index >= 15 is 0 Å². The second-order valence-corrected chi connectivity index (χ2v) is 6.92. The van der Waals surface area contributed by atoms with Gasteiger partial charge in [-0.2, -0.15) is 0 Å². The van der Waals surface area contributed by atoms with Crippen molar-refractivity contribution in [3.63, 3.8) is 0 Å². The van der Waals surface area contributed by atoms with Gasteiger partial charge >= 0.3 is 0 Å². The van der Waals surface area contributed by atoms with Gasteiger partial charge in [-0.1, -0.05) is 0 Å². The van der Waals surface area contributed by atoms with E-state index in [0.29, 0.717) is 35.9 Å². The summed E-state index contributed by atoms with van der Waals surface area (Å²) in [6.07, 6.45) is 0.536. The molecule has 28 heavy (non-hydrogen) atoms. The summed E-state index contributed by atoms with van der Waals surface area (Å²) in [5.41, 5.74) is 2.66. The van der Waals surface area contributed by atoms with Crippen LogP contribution in [0.2, 0.25) is 0 Å². The molecule has 2 aromatic rings. The van der Waals surface area contributed by atoms with E-state index in [0.717, 1.165) is 35.9 Å². The summed E-state index contributed by atoms with van der Waals surface area (Å²) in [5, 5.41) is 2.86. The van der Waals surface area contributed by atoms with E-state index in [1.54, 1.807) is 7.11 Å². The zero-order chi connectivity index (χ0) is 19.8. The lowest BCUT2D eigenvalue weighted by Gasteiger charge is -2.29. The Bertz CT molecular complexity index is 928. The molecule has 8 heteroatoms. The second kappa shape index (κ2) is 7.27. The zero-order valence-corrected chi connectivity index (χ0v) is 15.6. The van der Waals surface area contributed by atoms with Crippen LogP contribution in [0.5, 0.6) is 17.2 Å². The Balaban J connectivity index is 1.68. The number of nitrogens with zero attached hydrogens (tertiary/aromatic N) is 1. The van der Waals surface area contributed by atoms with Crippen molar-refractivity contribution in [2.45, 2.75) is 19.4 Å². The molecule has 2 aliphatic heterocycles. The molecule has 6 nitrogen and oxygen atoms in total. The molecule has 0 saturated heterocycles. The molecule has 0 atom stereocenters. The number of likely N-dealkylation sites (N-methyl/N-ethyl adjacent to an activating group) is 1. The maximum absolute atomic E-state index is 13.4. The van der Waals surface area contributed by atoms with Gasteiger partial charge in [0.15, 0.2) is 11.5 Å². The number of carbonyl (C=O) groups excluding carboxylic acids is 1. The minimum absolute atomic E-state index is 0.0302. The SMILES string of the molecule is COc1c2c(c(NC(=O)Cc3cc(F)cc(F)c3)c3c1OCO3)CCN(C)C2. The molecule has 1 amide bonds. The second-order valence-electron chi connectivity index (χ2n) is 6.92. The van der Waals surface area contributed by atoms with Crippen LogP contribution in [0.1, 0.15) is 16.7 Å². The first kappa shape index (κ1) is 18.5. The van der Waals surface area contributed by atoms with Gasteiger partial charge in [-0.25, -0.2) is 8.78 Å². The first-order valence-corrected chi connectivity index (χ1v) is 8.91. The quantitative estimate of drug-likeness (QED) is 0.870. The van der Waals surface area contributed by atoms with Crippen molar-refractivity contribution < 1.29 is 27.8 Å². The van der Waals surface area contributed by atoms with Crippen LogP contribution >= 0.6 is 0 Å². The predicted molar refractivity (Wildman–Crippen MR) is 97.8 cm³/mol. The van der Waals surface area contributed by atoms with E-state index in [1.807, 2.05) is 7.05 Å². The number of rotatable bonds is 4.